The third-order valence-corrected chi connectivity index (χ3v) is 3.67. The first-order chi connectivity index (χ1) is 9.50. The van der Waals surface area contributed by atoms with Crippen LogP contribution >= 0.6 is 0 Å². The second kappa shape index (κ2) is 4.54. The highest BCUT2D eigenvalue weighted by Gasteiger charge is 2.36. The molecule has 1 aromatic carbocycles. The molecule has 4 nitrogen and oxygen atoms in total. The van der Waals surface area contributed by atoms with Gasteiger partial charge in [-0.3, -0.25) is 4.79 Å². The summed E-state index contributed by atoms with van der Waals surface area (Å²) in [7, 11) is 1.64. The van der Waals surface area contributed by atoms with Crippen LogP contribution in [0.1, 0.15) is 26.7 Å². The van der Waals surface area contributed by atoms with Crippen molar-refractivity contribution in [1.29, 1.82) is 0 Å². The first-order valence-corrected chi connectivity index (χ1v) is 6.88. The Morgan fingerprint density at radius 1 is 1.35 bits per heavy atom. The van der Waals surface area contributed by atoms with Crippen molar-refractivity contribution in [3.05, 3.63) is 30.0 Å². The third-order valence-electron chi connectivity index (χ3n) is 3.67. The highest BCUT2D eigenvalue weighted by molar-refractivity contribution is 6.01. The van der Waals surface area contributed by atoms with E-state index in [9.17, 15) is 4.79 Å². The summed E-state index contributed by atoms with van der Waals surface area (Å²) in [5.41, 5.74) is 1.37. The van der Waals surface area contributed by atoms with Crippen molar-refractivity contribution in [2.45, 2.75) is 32.3 Å². The molecule has 4 heteroatoms. The molecular weight excluding hydrogens is 254 g/mol. The Hall–Kier alpha value is -1.97. The monoisotopic (exact) mass is 273 g/mol. The largest absolute Gasteiger partial charge is 0.497 e. The number of nitrogens with zero attached hydrogens (tertiary/aromatic N) is 1. The fourth-order valence-corrected chi connectivity index (χ4v) is 2.77. The van der Waals surface area contributed by atoms with Gasteiger partial charge in [-0.2, -0.15) is 0 Å². The third kappa shape index (κ3) is 2.15. The lowest BCUT2D eigenvalue weighted by Crippen LogP contribution is -2.47. The van der Waals surface area contributed by atoms with Crippen molar-refractivity contribution in [3.63, 3.8) is 0 Å². The molecule has 1 aliphatic carbocycles. The minimum absolute atomic E-state index is 0.205. The molecule has 0 N–H and O–H groups in total. The average Bonchev–Trinajstić information content (AvgIpc) is 2.82. The lowest BCUT2D eigenvalue weighted by atomic mass is 10.0. The zero-order valence-electron chi connectivity index (χ0n) is 12.1. The van der Waals surface area contributed by atoms with Crippen LogP contribution in [0.2, 0.25) is 0 Å². The highest BCUT2D eigenvalue weighted by Crippen LogP contribution is 2.42. The summed E-state index contributed by atoms with van der Waals surface area (Å²) in [6.07, 6.45) is 3.45. The van der Waals surface area contributed by atoms with Crippen LogP contribution in [-0.4, -0.2) is 25.0 Å². The van der Waals surface area contributed by atoms with E-state index in [0.717, 1.165) is 29.3 Å². The van der Waals surface area contributed by atoms with Gasteiger partial charge < -0.3 is 14.4 Å². The number of Topliss-reactive ketones (excluding diaryl/α,β-unsaturated/α-hetero) is 1. The Labute approximate surface area is 119 Å². The summed E-state index contributed by atoms with van der Waals surface area (Å²) in [6.45, 7) is 4.73. The van der Waals surface area contributed by atoms with E-state index in [1.54, 1.807) is 7.11 Å². The van der Waals surface area contributed by atoms with E-state index < -0.39 is 0 Å². The Morgan fingerprint density at radius 3 is 2.80 bits per heavy atom. The molecule has 0 amide bonds. The van der Waals surface area contributed by atoms with E-state index in [0.29, 0.717) is 13.0 Å². The van der Waals surface area contributed by atoms with Crippen LogP contribution in [0.4, 0.5) is 5.69 Å². The number of allylic oxidation sites excluding steroid dienone is 2. The zero-order valence-corrected chi connectivity index (χ0v) is 12.1. The molecule has 1 heterocycles. The Balaban J connectivity index is 2.08. The van der Waals surface area contributed by atoms with Crippen LogP contribution in [0, 0.1) is 0 Å². The molecule has 0 aromatic heterocycles. The summed E-state index contributed by atoms with van der Waals surface area (Å²) in [4.78, 5) is 14.1. The maximum absolute atomic E-state index is 12.1. The number of carbonyl (C=O) groups is 1. The summed E-state index contributed by atoms with van der Waals surface area (Å²) in [5, 5.41) is 0. The summed E-state index contributed by atoms with van der Waals surface area (Å²) >= 11 is 0. The van der Waals surface area contributed by atoms with Gasteiger partial charge in [-0.05, 0) is 32.4 Å². The molecule has 1 aromatic rings. The van der Waals surface area contributed by atoms with Gasteiger partial charge in [-0.25, -0.2) is 0 Å². The number of hydrogen-bond acceptors (Lipinski definition) is 4. The lowest BCUT2D eigenvalue weighted by Gasteiger charge is -2.41. The van der Waals surface area contributed by atoms with Crippen LogP contribution in [0.15, 0.2) is 30.0 Å². The van der Waals surface area contributed by atoms with Crippen LogP contribution in [0.5, 0.6) is 11.5 Å². The van der Waals surface area contributed by atoms with Crippen LogP contribution in [-0.2, 0) is 4.79 Å². The van der Waals surface area contributed by atoms with Gasteiger partial charge in [0.25, 0.3) is 0 Å². The molecule has 0 saturated heterocycles. The van der Waals surface area contributed by atoms with E-state index in [4.69, 9.17) is 9.47 Å². The number of hydrogen-bond donors (Lipinski definition) is 0. The first-order valence-electron chi connectivity index (χ1n) is 6.88. The number of benzene rings is 1. The normalized spacial score (nSPS) is 20.2. The topological polar surface area (TPSA) is 38.8 Å². The Bertz CT molecular complexity index is 589. The SMILES string of the molecule is COc1ccc2c(c1)N(C1=CCCC1=O)CC(C)(C)O2. The molecule has 0 saturated carbocycles. The van der Waals surface area contributed by atoms with Crippen molar-refractivity contribution in [2.75, 3.05) is 18.6 Å². The molecule has 0 bridgehead atoms. The quantitative estimate of drug-likeness (QED) is 0.830. The zero-order chi connectivity index (χ0) is 14.3. The van der Waals surface area contributed by atoms with Gasteiger partial charge in [0.15, 0.2) is 5.78 Å². The fraction of sp³-hybridized carbons (Fsp3) is 0.438. The van der Waals surface area contributed by atoms with Crippen molar-refractivity contribution in [3.8, 4) is 11.5 Å². The lowest BCUT2D eigenvalue weighted by molar-refractivity contribution is -0.115. The maximum atomic E-state index is 12.1. The standard InChI is InChI=1S/C16H19NO3/c1-16(2)10-17(12-5-4-6-14(12)18)13-9-11(19-3)7-8-15(13)20-16/h5,7-9H,4,6,10H2,1-3H3. The first kappa shape index (κ1) is 13.0. The van der Waals surface area contributed by atoms with Crippen molar-refractivity contribution >= 4 is 11.5 Å². The van der Waals surface area contributed by atoms with E-state index in [2.05, 4.69) is 4.90 Å². The van der Waals surface area contributed by atoms with Crippen LogP contribution in [0.25, 0.3) is 0 Å². The van der Waals surface area contributed by atoms with Crippen LogP contribution < -0.4 is 14.4 Å². The predicted molar refractivity (Wildman–Crippen MR) is 77.4 cm³/mol. The molecule has 20 heavy (non-hydrogen) atoms. The molecular formula is C16H19NO3. The number of ketones is 1. The maximum Gasteiger partial charge on any atom is 0.179 e. The molecule has 2 aliphatic rings. The summed E-state index contributed by atoms with van der Waals surface area (Å²) in [6, 6.07) is 5.71. The van der Waals surface area contributed by atoms with Gasteiger partial charge in [0.05, 0.1) is 25.0 Å². The number of methoxy groups -OCH3 is 1. The van der Waals surface area contributed by atoms with Crippen molar-refractivity contribution in [1.82, 2.24) is 0 Å². The number of fused-ring (bicyclic) bond motifs is 1. The number of ether oxygens (including phenoxy) is 2. The van der Waals surface area contributed by atoms with E-state index in [1.165, 1.54) is 0 Å². The second-order valence-corrected chi connectivity index (χ2v) is 5.83. The van der Waals surface area contributed by atoms with E-state index in [1.807, 2.05) is 38.1 Å². The molecule has 1 aliphatic heterocycles. The molecule has 0 radical (unpaired) electrons. The molecule has 106 valence electrons. The minimum atomic E-state index is -0.328. The number of carbonyl (C=O) groups excluding carboxylic acids is 1. The van der Waals surface area contributed by atoms with Gasteiger partial charge in [-0.15, -0.1) is 0 Å². The predicted octanol–water partition coefficient (Wildman–Crippen LogP) is 2.92. The molecule has 0 atom stereocenters. The van der Waals surface area contributed by atoms with Gasteiger partial charge in [0.2, 0.25) is 0 Å². The van der Waals surface area contributed by atoms with Gasteiger partial charge in [0, 0.05) is 12.5 Å². The van der Waals surface area contributed by atoms with E-state index >= 15 is 0 Å². The second-order valence-electron chi connectivity index (χ2n) is 5.83. The summed E-state index contributed by atoms with van der Waals surface area (Å²) in [5.74, 6) is 1.77. The van der Waals surface area contributed by atoms with Crippen molar-refractivity contribution < 1.29 is 14.3 Å². The Kier molecular flexibility index (Phi) is 2.96. The number of anilines is 1. The molecule has 3 rings (SSSR count). The smallest absolute Gasteiger partial charge is 0.179 e. The molecule has 0 unspecified atom stereocenters. The fourth-order valence-electron chi connectivity index (χ4n) is 2.77. The van der Waals surface area contributed by atoms with Gasteiger partial charge in [0.1, 0.15) is 17.1 Å². The van der Waals surface area contributed by atoms with E-state index in [-0.39, 0.29) is 11.4 Å². The van der Waals surface area contributed by atoms with Gasteiger partial charge >= 0.3 is 0 Å². The number of rotatable bonds is 2. The minimum Gasteiger partial charge on any atom is -0.497 e. The van der Waals surface area contributed by atoms with Crippen molar-refractivity contribution in [2.24, 2.45) is 0 Å². The molecule has 0 fully saturated rings. The Morgan fingerprint density at radius 2 is 2.15 bits per heavy atom. The average molecular weight is 273 g/mol. The van der Waals surface area contributed by atoms with Crippen LogP contribution in [0.3, 0.4) is 0 Å². The molecule has 0 spiro atoms. The summed E-state index contributed by atoms with van der Waals surface area (Å²) < 4.78 is 11.3. The van der Waals surface area contributed by atoms with Gasteiger partial charge in [-0.1, -0.05) is 6.08 Å². The highest BCUT2D eigenvalue weighted by atomic mass is 16.5.